The van der Waals surface area contributed by atoms with Crippen molar-refractivity contribution in [3.05, 3.63) is 62.6 Å². The van der Waals surface area contributed by atoms with Crippen LogP contribution in [-0.4, -0.2) is 12.2 Å². The number of hydrogen-bond acceptors (Lipinski definition) is 2. The zero-order chi connectivity index (χ0) is 14.7. The molecule has 0 aromatic heterocycles. The van der Waals surface area contributed by atoms with Gasteiger partial charge in [0.25, 0.3) is 0 Å². The number of aliphatic hydroxyl groups is 1. The second-order valence-corrected chi connectivity index (χ2v) is 5.56. The summed E-state index contributed by atoms with van der Waals surface area (Å²) in [5.74, 6) is 0.664. The van der Waals surface area contributed by atoms with E-state index in [0.717, 1.165) is 5.56 Å². The lowest BCUT2D eigenvalue weighted by Crippen LogP contribution is -2.05. The third-order valence-corrected chi connectivity index (χ3v) is 3.88. The summed E-state index contributed by atoms with van der Waals surface area (Å²) in [6, 6.07) is 10.4. The maximum absolute atomic E-state index is 10.4. The molecule has 20 heavy (non-hydrogen) atoms. The maximum Gasteiger partial charge on any atom is 0.122 e. The summed E-state index contributed by atoms with van der Waals surface area (Å²) in [6.45, 7) is 0. The number of halogens is 3. The molecule has 1 atom stereocenters. The van der Waals surface area contributed by atoms with Crippen LogP contribution in [0.15, 0.2) is 36.4 Å². The summed E-state index contributed by atoms with van der Waals surface area (Å²) >= 11 is 18.2. The highest BCUT2D eigenvalue weighted by Crippen LogP contribution is 2.34. The normalized spacial score (nSPS) is 12.2. The van der Waals surface area contributed by atoms with E-state index in [1.165, 1.54) is 0 Å². The first kappa shape index (κ1) is 15.5. The second kappa shape index (κ2) is 6.68. The van der Waals surface area contributed by atoms with Crippen LogP contribution < -0.4 is 4.74 Å². The fourth-order valence-corrected chi connectivity index (χ4v) is 2.89. The van der Waals surface area contributed by atoms with E-state index in [2.05, 4.69) is 0 Å². The molecule has 0 radical (unpaired) electrons. The summed E-state index contributed by atoms with van der Waals surface area (Å²) in [4.78, 5) is 0. The van der Waals surface area contributed by atoms with Gasteiger partial charge in [-0.15, -0.1) is 0 Å². The first-order chi connectivity index (χ1) is 9.52. The van der Waals surface area contributed by atoms with Crippen LogP contribution in [0.3, 0.4) is 0 Å². The van der Waals surface area contributed by atoms with Gasteiger partial charge in [-0.05, 0) is 35.9 Å². The lowest BCUT2D eigenvalue weighted by atomic mass is 10.0. The Morgan fingerprint density at radius 2 is 1.75 bits per heavy atom. The van der Waals surface area contributed by atoms with Crippen molar-refractivity contribution in [1.82, 2.24) is 0 Å². The van der Waals surface area contributed by atoms with Gasteiger partial charge in [-0.2, -0.15) is 0 Å². The summed E-state index contributed by atoms with van der Waals surface area (Å²) in [7, 11) is 1.57. The van der Waals surface area contributed by atoms with E-state index in [1.807, 2.05) is 0 Å². The number of hydrogen-bond donors (Lipinski definition) is 1. The molecule has 0 fully saturated rings. The Labute approximate surface area is 132 Å². The molecule has 0 spiro atoms. The van der Waals surface area contributed by atoms with E-state index in [1.54, 1.807) is 43.5 Å². The van der Waals surface area contributed by atoms with E-state index in [4.69, 9.17) is 39.5 Å². The fourth-order valence-electron chi connectivity index (χ4n) is 2.05. The van der Waals surface area contributed by atoms with Gasteiger partial charge in [-0.1, -0.05) is 40.9 Å². The maximum atomic E-state index is 10.4. The molecule has 0 bridgehead atoms. The van der Waals surface area contributed by atoms with Crippen molar-refractivity contribution in [3.8, 4) is 5.75 Å². The molecule has 2 aromatic carbocycles. The second-order valence-electron chi connectivity index (χ2n) is 4.31. The van der Waals surface area contributed by atoms with E-state index >= 15 is 0 Å². The van der Waals surface area contributed by atoms with Crippen molar-refractivity contribution in [3.63, 3.8) is 0 Å². The highest BCUT2D eigenvalue weighted by molar-refractivity contribution is 6.36. The van der Waals surface area contributed by atoms with E-state index in [9.17, 15) is 5.11 Å². The van der Waals surface area contributed by atoms with E-state index in [-0.39, 0.29) is 0 Å². The summed E-state index contributed by atoms with van der Waals surface area (Å²) in [5, 5.41) is 11.8. The van der Waals surface area contributed by atoms with Gasteiger partial charge in [0.15, 0.2) is 0 Å². The number of ether oxygens (including phenoxy) is 1. The molecule has 1 N–H and O–H groups in total. The van der Waals surface area contributed by atoms with Crippen LogP contribution in [0.1, 0.15) is 17.2 Å². The Morgan fingerprint density at radius 1 is 1.10 bits per heavy atom. The van der Waals surface area contributed by atoms with E-state index in [0.29, 0.717) is 32.8 Å². The highest BCUT2D eigenvalue weighted by atomic mass is 35.5. The van der Waals surface area contributed by atoms with Crippen molar-refractivity contribution in [2.75, 3.05) is 7.11 Å². The molecule has 0 saturated carbocycles. The smallest absolute Gasteiger partial charge is 0.122 e. The molecule has 0 aliphatic carbocycles. The Hall–Kier alpha value is -0.930. The quantitative estimate of drug-likeness (QED) is 0.860. The number of rotatable bonds is 4. The topological polar surface area (TPSA) is 29.5 Å². The van der Waals surface area contributed by atoms with Gasteiger partial charge in [-0.25, -0.2) is 0 Å². The molecule has 1 unspecified atom stereocenters. The Balaban J connectivity index is 2.32. The summed E-state index contributed by atoms with van der Waals surface area (Å²) in [6.07, 6.45) is -0.517. The van der Waals surface area contributed by atoms with Gasteiger partial charge >= 0.3 is 0 Å². The zero-order valence-electron chi connectivity index (χ0n) is 10.7. The molecule has 5 heteroatoms. The molecule has 0 aliphatic rings. The van der Waals surface area contributed by atoms with Crippen LogP contribution >= 0.6 is 34.8 Å². The Kier molecular flexibility index (Phi) is 5.17. The van der Waals surface area contributed by atoms with Crippen LogP contribution in [0.25, 0.3) is 0 Å². The summed E-state index contributed by atoms with van der Waals surface area (Å²) in [5.41, 5.74) is 1.31. The molecule has 2 aromatic rings. The van der Waals surface area contributed by atoms with Crippen molar-refractivity contribution in [2.24, 2.45) is 0 Å². The van der Waals surface area contributed by atoms with Crippen molar-refractivity contribution >= 4 is 34.8 Å². The first-order valence-electron chi connectivity index (χ1n) is 5.97. The van der Waals surface area contributed by atoms with Crippen molar-refractivity contribution < 1.29 is 9.84 Å². The minimum Gasteiger partial charge on any atom is -0.496 e. The van der Waals surface area contributed by atoms with Gasteiger partial charge in [0, 0.05) is 27.1 Å². The van der Waals surface area contributed by atoms with Gasteiger partial charge < -0.3 is 9.84 Å². The minimum absolute atomic E-state index is 0.313. The predicted molar refractivity (Wildman–Crippen MR) is 83.1 cm³/mol. The average molecular weight is 332 g/mol. The largest absolute Gasteiger partial charge is 0.496 e. The molecule has 2 rings (SSSR count). The Bertz CT molecular complexity index is 594. The molecule has 0 amide bonds. The average Bonchev–Trinajstić information content (AvgIpc) is 2.38. The van der Waals surface area contributed by atoms with E-state index < -0.39 is 6.10 Å². The minimum atomic E-state index is -0.830. The fraction of sp³-hybridized carbons (Fsp3) is 0.200. The third kappa shape index (κ3) is 3.39. The van der Waals surface area contributed by atoms with Crippen LogP contribution in [0, 0.1) is 0 Å². The standard InChI is InChI=1S/C15H13Cl3O2/c1-20-14-6-5-10(16)7-9(14)8-13(19)15-11(17)3-2-4-12(15)18/h2-7,13,19H,8H2,1H3. The molecule has 0 heterocycles. The first-order valence-corrected chi connectivity index (χ1v) is 7.10. The molecular formula is C15H13Cl3O2. The molecule has 2 nitrogen and oxygen atoms in total. The van der Waals surface area contributed by atoms with Gasteiger partial charge in [0.2, 0.25) is 0 Å². The monoisotopic (exact) mass is 330 g/mol. The van der Waals surface area contributed by atoms with Crippen LogP contribution in [0.4, 0.5) is 0 Å². The van der Waals surface area contributed by atoms with Gasteiger partial charge in [-0.3, -0.25) is 0 Å². The van der Waals surface area contributed by atoms with Gasteiger partial charge in [0.1, 0.15) is 5.75 Å². The summed E-state index contributed by atoms with van der Waals surface area (Å²) < 4.78 is 5.26. The molecular weight excluding hydrogens is 319 g/mol. The highest BCUT2D eigenvalue weighted by Gasteiger charge is 2.18. The van der Waals surface area contributed by atoms with Crippen LogP contribution in [-0.2, 0) is 6.42 Å². The zero-order valence-corrected chi connectivity index (χ0v) is 13.0. The Morgan fingerprint density at radius 3 is 2.35 bits per heavy atom. The lowest BCUT2D eigenvalue weighted by molar-refractivity contribution is 0.177. The molecule has 0 aliphatic heterocycles. The number of aliphatic hydroxyl groups excluding tert-OH is 1. The predicted octanol–water partition coefficient (Wildman–Crippen LogP) is 4.93. The molecule has 0 saturated heterocycles. The third-order valence-electron chi connectivity index (χ3n) is 2.99. The lowest BCUT2D eigenvalue weighted by Gasteiger charge is -2.16. The SMILES string of the molecule is COc1ccc(Cl)cc1CC(O)c1c(Cl)cccc1Cl. The number of methoxy groups -OCH3 is 1. The van der Waals surface area contributed by atoms with Crippen LogP contribution in [0.5, 0.6) is 5.75 Å². The molecule has 106 valence electrons. The van der Waals surface area contributed by atoms with Crippen molar-refractivity contribution in [1.29, 1.82) is 0 Å². The van der Waals surface area contributed by atoms with Crippen LogP contribution in [0.2, 0.25) is 15.1 Å². The van der Waals surface area contributed by atoms with Crippen molar-refractivity contribution in [2.45, 2.75) is 12.5 Å². The van der Waals surface area contributed by atoms with Gasteiger partial charge in [0.05, 0.1) is 13.2 Å². The number of benzene rings is 2.